The van der Waals surface area contributed by atoms with Crippen LogP contribution < -0.4 is 10.6 Å². The van der Waals surface area contributed by atoms with Crippen LogP contribution in [-0.4, -0.2) is 24.4 Å². The van der Waals surface area contributed by atoms with Crippen LogP contribution in [-0.2, 0) is 0 Å². The molecule has 0 radical (unpaired) electrons. The first-order valence-electron chi connectivity index (χ1n) is 7.06. The number of carbonyl (C=O) groups is 2. The molecule has 1 unspecified atom stereocenters. The fourth-order valence-electron chi connectivity index (χ4n) is 1.91. The second-order valence-corrected chi connectivity index (χ2v) is 6.93. The quantitative estimate of drug-likeness (QED) is 0.745. The Morgan fingerprint density at radius 3 is 1.78 bits per heavy atom. The van der Waals surface area contributed by atoms with Gasteiger partial charge in [-0.1, -0.05) is 31.9 Å². The topological polar surface area (TPSA) is 58.2 Å². The van der Waals surface area contributed by atoms with Crippen molar-refractivity contribution in [1.82, 2.24) is 10.6 Å². The van der Waals surface area contributed by atoms with Crippen LogP contribution in [0.15, 0.2) is 57.5 Å². The summed E-state index contributed by atoms with van der Waals surface area (Å²) >= 11 is 6.66. The first-order chi connectivity index (χ1) is 11.0. The lowest BCUT2D eigenvalue weighted by molar-refractivity contribution is 0.0912. The number of amides is 2. The number of halogens is 2. The molecular weight excluding hydrogens is 424 g/mol. The van der Waals surface area contributed by atoms with Gasteiger partial charge in [-0.05, 0) is 55.5 Å². The van der Waals surface area contributed by atoms with E-state index in [0.29, 0.717) is 17.7 Å². The van der Waals surface area contributed by atoms with Crippen LogP contribution in [0.5, 0.6) is 0 Å². The van der Waals surface area contributed by atoms with E-state index in [1.54, 1.807) is 24.3 Å². The minimum Gasteiger partial charge on any atom is -0.350 e. The monoisotopic (exact) mass is 438 g/mol. The van der Waals surface area contributed by atoms with Gasteiger partial charge in [-0.25, -0.2) is 0 Å². The van der Waals surface area contributed by atoms with E-state index in [9.17, 15) is 9.59 Å². The van der Waals surface area contributed by atoms with Crippen LogP contribution in [0.3, 0.4) is 0 Å². The summed E-state index contributed by atoms with van der Waals surface area (Å²) in [7, 11) is 0. The summed E-state index contributed by atoms with van der Waals surface area (Å²) in [6.45, 7) is 2.20. The SMILES string of the molecule is CC(CNC(=O)c1ccc(Br)cc1)NC(=O)c1ccc(Br)cc1. The maximum atomic E-state index is 12.1. The molecular formula is C17H16Br2N2O2. The summed E-state index contributed by atoms with van der Waals surface area (Å²) in [5.41, 5.74) is 1.17. The lowest BCUT2D eigenvalue weighted by Crippen LogP contribution is -2.41. The van der Waals surface area contributed by atoms with E-state index in [2.05, 4.69) is 42.5 Å². The molecule has 0 aliphatic heterocycles. The fraction of sp³-hybridized carbons (Fsp3) is 0.176. The van der Waals surface area contributed by atoms with Crippen molar-refractivity contribution >= 4 is 43.7 Å². The van der Waals surface area contributed by atoms with Gasteiger partial charge in [0.25, 0.3) is 11.8 Å². The highest BCUT2D eigenvalue weighted by Gasteiger charge is 2.11. The Morgan fingerprint density at radius 1 is 0.870 bits per heavy atom. The number of hydrogen-bond donors (Lipinski definition) is 2. The van der Waals surface area contributed by atoms with Crippen molar-refractivity contribution in [3.8, 4) is 0 Å². The summed E-state index contributed by atoms with van der Waals surface area (Å²) in [5.74, 6) is -0.329. The highest BCUT2D eigenvalue weighted by molar-refractivity contribution is 9.10. The van der Waals surface area contributed by atoms with Gasteiger partial charge in [0.1, 0.15) is 0 Å². The van der Waals surface area contributed by atoms with Gasteiger partial charge in [0.2, 0.25) is 0 Å². The van der Waals surface area contributed by atoms with E-state index in [-0.39, 0.29) is 17.9 Å². The van der Waals surface area contributed by atoms with E-state index >= 15 is 0 Å². The van der Waals surface area contributed by atoms with Crippen molar-refractivity contribution in [1.29, 1.82) is 0 Å². The minimum atomic E-state index is -0.175. The molecule has 2 rings (SSSR count). The van der Waals surface area contributed by atoms with Crippen molar-refractivity contribution in [3.63, 3.8) is 0 Å². The average molecular weight is 440 g/mol. The molecule has 2 N–H and O–H groups in total. The maximum absolute atomic E-state index is 12.1. The van der Waals surface area contributed by atoms with Crippen LogP contribution >= 0.6 is 31.9 Å². The first kappa shape index (κ1) is 17.7. The largest absolute Gasteiger partial charge is 0.350 e. The third kappa shape index (κ3) is 5.48. The number of nitrogens with one attached hydrogen (secondary N) is 2. The zero-order chi connectivity index (χ0) is 16.8. The standard InChI is InChI=1S/C17H16Br2N2O2/c1-11(21-17(23)13-4-8-15(19)9-5-13)10-20-16(22)12-2-6-14(18)7-3-12/h2-9,11H,10H2,1H3,(H,20,22)(H,21,23). The van der Waals surface area contributed by atoms with Gasteiger partial charge in [-0.15, -0.1) is 0 Å². The Kier molecular flexibility index (Phi) is 6.36. The van der Waals surface area contributed by atoms with Gasteiger partial charge in [0.15, 0.2) is 0 Å². The molecule has 0 bridgehead atoms. The predicted molar refractivity (Wildman–Crippen MR) is 97.5 cm³/mol. The average Bonchev–Trinajstić information content (AvgIpc) is 2.54. The van der Waals surface area contributed by atoms with Crippen LogP contribution in [0.2, 0.25) is 0 Å². The molecule has 4 nitrogen and oxygen atoms in total. The Bertz CT molecular complexity index is 685. The number of benzene rings is 2. The maximum Gasteiger partial charge on any atom is 0.251 e. The second kappa shape index (κ2) is 8.26. The van der Waals surface area contributed by atoms with E-state index in [0.717, 1.165) is 8.95 Å². The minimum absolute atomic E-state index is 0.164. The molecule has 0 aliphatic rings. The van der Waals surface area contributed by atoms with Crippen LogP contribution in [0, 0.1) is 0 Å². The first-order valence-corrected chi connectivity index (χ1v) is 8.64. The number of carbonyl (C=O) groups excluding carboxylic acids is 2. The molecule has 0 heterocycles. The van der Waals surface area contributed by atoms with Crippen molar-refractivity contribution < 1.29 is 9.59 Å². The molecule has 120 valence electrons. The summed E-state index contributed by atoms with van der Waals surface area (Å²) in [6.07, 6.45) is 0. The molecule has 2 aromatic rings. The molecule has 0 aliphatic carbocycles. The zero-order valence-corrected chi connectivity index (χ0v) is 15.6. The molecule has 1 atom stereocenters. The van der Waals surface area contributed by atoms with Crippen LogP contribution in [0.4, 0.5) is 0 Å². The molecule has 2 amide bonds. The third-order valence-corrected chi connectivity index (χ3v) is 4.22. The zero-order valence-electron chi connectivity index (χ0n) is 12.5. The molecule has 6 heteroatoms. The highest BCUT2D eigenvalue weighted by atomic mass is 79.9. The molecule has 0 fully saturated rings. The molecule has 2 aromatic carbocycles. The third-order valence-electron chi connectivity index (χ3n) is 3.16. The van der Waals surface area contributed by atoms with Gasteiger partial charge in [0, 0.05) is 32.7 Å². The lowest BCUT2D eigenvalue weighted by atomic mass is 10.2. The second-order valence-electron chi connectivity index (χ2n) is 5.10. The molecule has 23 heavy (non-hydrogen) atoms. The highest BCUT2D eigenvalue weighted by Crippen LogP contribution is 2.11. The van der Waals surface area contributed by atoms with Crippen LogP contribution in [0.1, 0.15) is 27.6 Å². The van der Waals surface area contributed by atoms with Crippen molar-refractivity contribution in [2.45, 2.75) is 13.0 Å². The van der Waals surface area contributed by atoms with Gasteiger partial charge < -0.3 is 10.6 Å². The van der Waals surface area contributed by atoms with Crippen LogP contribution in [0.25, 0.3) is 0 Å². The van der Waals surface area contributed by atoms with Gasteiger partial charge >= 0.3 is 0 Å². The van der Waals surface area contributed by atoms with E-state index < -0.39 is 0 Å². The Morgan fingerprint density at radius 2 is 1.30 bits per heavy atom. The van der Waals surface area contributed by atoms with Gasteiger partial charge in [-0.3, -0.25) is 9.59 Å². The van der Waals surface area contributed by atoms with E-state index in [1.165, 1.54) is 0 Å². The Balaban J connectivity index is 1.83. The van der Waals surface area contributed by atoms with Gasteiger partial charge in [0.05, 0.1) is 0 Å². The molecule has 0 saturated carbocycles. The lowest BCUT2D eigenvalue weighted by Gasteiger charge is -2.15. The summed E-state index contributed by atoms with van der Waals surface area (Å²) < 4.78 is 1.84. The number of rotatable bonds is 5. The fourth-order valence-corrected chi connectivity index (χ4v) is 2.44. The predicted octanol–water partition coefficient (Wildman–Crippen LogP) is 3.76. The van der Waals surface area contributed by atoms with Gasteiger partial charge in [-0.2, -0.15) is 0 Å². The Labute approximate surface area is 151 Å². The van der Waals surface area contributed by atoms with Crippen molar-refractivity contribution in [2.24, 2.45) is 0 Å². The summed E-state index contributed by atoms with van der Waals surface area (Å²) in [4.78, 5) is 24.1. The van der Waals surface area contributed by atoms with Crippen molar-refractivity contribution in [2.75, 3.05) is 6.54 Å². The number of hydrogen-bond acceptors (Lipinski definition) is 2. The van der Waals surface area contributed by atoms with E-state index in [4.69, 9.17) is 0 Å². The normalized spacial score (nSPS) is 11.6. The van der Waals surface area contributed by atoms with Crippen molar-refractivity contribution in [3.05, 3.63) is 68.6 Å². The summed E-state index contributed by atoms with van der Waals surface area (Å²) in [5, 5.41) is 5.66. The summed E-state index contributed by atoms with van der Waals surface area (Å²) in [6, 6.07) is 14.0. The molecule has 0 spiro atoms. The van der Waals surface area contributed by atoms with E-state index in [1.807, 2.05) is 31.2 Å². The molecule has 0 saturated heterocycles. The Hall–Kier alpha value is -1.66. The molecule has 0 aromatic heterocycles. The smallest absolute Gasteiger partial charge is 0.251 e.